The van der Waals surface area contributed by atoms with E-state index in [1.807, 2.05) is 49.5 Å². The van der Waals surface area contributed by atoms with E-state index in [1.165, 1.54) is 10.9 Å². The van der Waals surface area contributed by atoms with Crippen molar-refractivity contribution in [1.82, 2.24) is 25.1 Å². The van der Waals surface area contributed by atoms with Gasteiger partial charge in [0.1, 0.15) is 6.54 Å². The van der Waals surface area contributed by atoms with Crippen LogP contribution >= 0.6 is 12.2 Å². The van der Waals surface area contributed by atoms with Crippen LogP contribution in [0.3, 0.4) is 0 Å². The third-order valence-electron chi connectivity index (χ3n) is 4.96. The minimum absolute atomic E-state index is 0.0738. The number of nitrogens with one attached hydrogen (secondary N) is 3. The van der Waals surface area contributed by atoms with Crippen molar-refractivity contribution >= 4 is 29.0 Å². The lowest BCUT2D eigenvalue weighted by Crippen LogP contribution is -2.29. The van der Waals surface area contributed by atoms with Gasteiger partial charge in [0.05, 0.1) is 0 Å². The van der Waals surface area contributed by atoms with Gasteiger partial charge in [-0.15, -0.1) is 0 Å². The molecule has 0 atom stereocenters. The van der Waals surface area contributed by atoms with Crippen LogP contribution in [-0.2, 0) is 17.8 Å². The number of hydrogen-bond acceptors (Lipinski definition) is 3. The second-order valence-corrected chi connectivity index (χ2v) is 7.51. The highest BCUT2D eigenvalue weighted by Crippen LogP contribution is 2.19. The summed E-state index contributed by atoms with van der Waals surface area (Å²) in [6.07, 6.45) is 3.82. The monoisotopic (exact) mass is 405 g/mol. The number of H-pyrrole nitrogens is 2. The fraction of sp³-hybridized carbons (Fsp3) is 0.227. The van der Waals surface area contributed by atoms with Crippen LogP contribution in [0.5, 0.6) is 0 Å². The molecule has 0 spiro atoms. The lowest BCUT2D eigenvalue weighted by Gasteiger charge is -2.09. The van der Waals surface area contributed by atoms with Gasteiger partial charge < -0.3 is 10.3 Å². The zero-order valence-corrected chi connectivity index (χ0v) is 17.1. The molecule has 0 saturated heterocycles. The molecule has 0 aliphatic heterocycles. The Kier molecular flexibility index (Phi) is 5.57. The molecule has 0 bridgehead atoms. The Hall–Kier alpha value is -3.19. The second kappa shape index (κ2) is 8.45. The molecule has 0 saturated carbocycles. The van der Waals surface area contributed by atoms with Gasteiger partial charge in [0.25, 0.3) is 0 Å². The van der Waals surface area contributed by atoms with Crippen molar-refractivity contribution in [2.45, 2.75) is 26.3 Å². The molecule has 148 valence electrons. The van der Waals surface area contributed by atoms with Crippen LogP contribution in [0, 0.1) is 11.7 Å². The van der Waals surface area contributed by atoms with Crippen LogP contribution < -0.4 is 5.32 Å². The Morgan fingerprint density at radius 2 is 2.07 bits per heavy atom. The maximum Gasteiger partial charge on any atom is 0.240 e. The number of para-hydroxylation sites is 1. The molecule has 0 aliphatic rings. The first-order chi connectivity index (χ1) is 14.1. The van der Waals surface area contributed by atoms with Crippen LogP contribution in [-0.4, -0.2) is 32.2 Å². The third kappa shape index (κ3) is 4.30. The molecule has 0 radical (unpaired) electrons. The Morgan fingerprint density at radius 1 is 1.21 bits per heavy atom. The predicted octanol–water partition coefficient (Wildman–Crippen LogP) is 4.15. The van der Waals surface area contributed by atoms with Crippen molar-refractivity contribution in [3.05, 3.63) is 70.6 Å². The van der Waals surface area contributed by atoms with Crippen molar-refractivity contribution in [2.75, 3.05) is 6.54 Å². The number of rotatable bonds is 7. The molecule has 2 aromatic heterocycles. The van der Waals surface area contributed by atoms with E-state index >= 15 is 0 Å². The molecular formula is C22H23N5OS. The smallest absolute Gasteiger partial charge is 0.240 e. The summed E-state index contributed by atoms with van der Waals surface area (Å²) in [6.45, 7) is 2.78. The zero-order valence-electron chi connectivity index (χ0n) is 16.2. The van der Waals surface area contributed by atoms with E-state index in [0.717, 1.165) is 29.5 Å². The Labute approximate surface area is 174 Å². The summed E-state index contributed by atoms with van der Waals surface area (Å²) in [4.78, 5) is 15.7. The number of benzene rings is 2. The minimum atomic E-state index is -0.0738. The van der Waals surface area contributed by atoms with Gasteiger partial charge >= 0.3 is 0 Å². The van der Waals surface area contributed by atoms with E-state index in [9.17, 15) is 4.79 Å². The van der Waals surface area contributed by atoms with Crippen LogP contribution in [0.2, 0.25) is 0 Å². The van der Waals surface area contributed by atoms with Gasteiger partial charge in [-0.05, 0) is 49.7 Å². The van der Waals surface area contributed by atoms with Gasteiger partial charge in [0, 0.05) is 29.2 Å². The van der Waals surface area contributed by atoms with E-state index in [1.54, 1.807) is 4.57 Å². The molecule has 6 nitrogen and oxygen atoms in total. The molecule has 0 unspecified atom stereocenters. The number of carbonyl (C=O) groups is 1. The van der Waals surface area contributed by atoms with Crippen LogP contribution in [0.1, 0.15) is 17.5 Å². The molecule has 2 aromatic carbocycles. The highest BCUT2D eigenvalue weighted by Gasteiger charge is 2.12. The van der Waals surface area contributed by atoms with Gasteiger partial charge in [-0.1, -0.05) is 42.0 Å². The van der Waals surface area contributed by atoms with Gasteiger partial charge in [-0.25, -0.2) is 0 Å². The normalized spacial score (nSPS) is 11.1. The number of nitrogens with zero attached hydrogens (tertiary/aromatic N) is 2. The van der Waals surface area contributed by atoms with E-state index in [-0.39, 0.29) is 12.5 Å². The molecule has 0 fully saturated rings. The maximum absolute atomic E-state index is 12.5. The van der Waals surface area contributed by atoms with E-state index in [4.69, 9.17) is 12.2 Å². The predicted molar refractivity (Wildman–Crippen MR) is 117 cm³/mol. The van der Waals surface area contributed by atoms with Gasteiger partial charge in [-0.3, -0.25) is 14.5 Å². The maximum atomic E-state index is 12.5. The second-order valence-electron chi connectivity index (χ2n) is 7.12. The summed E-state index contributed by atoms with van der Waals surface area (Å²) in [5, 5.41) is 11.3. The Balaban J connectivity index is 1.35. The SMILES string of the molecule is Cc1cccc(-c2n[nH]c(=S)n2CC(=O)NCCCc2c[nH]c3ccccc23)c1. The largest absolute Gasteiger partial charge is 0.361 e. The Bertz CT molecular complexity index is 1200. The van der Waals surface area contributed by atoms with Crippen molar-refractivity contribution in [3.63, 3.8) is 0 Å². The molecule has 4 rings (SSSR count). The van der Waals surface area contributed by atoms with Gasteiger partial charge in [0.15, 0.2) is 10.6 Å². The Morgan fingerprint density at radius 3 is 2.93 bits per heavy atom. The summed E-state index contributed by atoms with van der Waals surface area (Å²) in [5.74, 6) is 0.600. The third-order valence-corrected chi connectivity index (χ3v) is 5.27. The molecule has 4 aromatic rings. The first-order valence-electron chi connectivity index (χ1n) is 9.66. The van der Waals surface area contributed by atoms with E-state index < -0.39 is 0 Å². The summed E-state index contributed by atoms with van der Waals surface area (Å²) in [6, 6.07) is 16.2. The van der Waals surface area contributed by atoms with E-state index in [2.05, 4.69) is 32.6 Å². The van der Waals surface area contributed by atoms with Crippen LogP contribution in [0.25, 0.3) is 22.3 Å². The van der Waals surface area contributed by atoms with Crippen LogP contribution in [0.4, 0.5) is 0 Å². The van der Waals surface area contributed by atoms with Crippen molar-refractivity contribution in [3.8, 4) is 11.4 Å². The average Bonchev–Trinajstić information content (AvgIpc) is 3.29. The van der Waals surface area contributed by atoms with E-state index in [0.29, 0.717) is 17.1 Å². The molecule has 1 amide bonds. The quantitative estimate of drug-likeness (QED) is 0.319. The highest BCUT2D eigenvalue weighted by molar-refractivity contribution is 7.71. The summed E-state index contributed by atoms with van der Waals surface area (Å²) in [5.41, 5.74) is 4.48. The molecule has 7 heteroatoms. The first kappa shape index (κ1) is 19.1. The standard InChI is InChI=1S/C22H23N5OS/c1-15-6-4-7-16(12-15)21-25-26-22(29)27(21)14-20(28)23-11-5-8-17-13-24-19-10-3-2-9-18(17)19/h2-4,6-7,9-10,12-13,24H,5,8,11,14H2,1H3,(H,23,28)(H,26,29). The highest BCUT2D eigenvalue weighted by atomic mass is 32.1. The lowest BCUT2D eigenvalue weighted by atomic mass is 10.1. The van der Waals surface area contributed by atoms with Crippen molar-refractivity contribution in [2.24, 2.45) is 0 Å². The first-order valence-corrected chi connectivity index (χ1v) is 10.1. The molecule has 2 heterocycles. The van der Waals surface area contributed by atoms with Gasteiger partial charge in [0.2, 0.25) is 5.91 Å². The molecule has 0 aliphatic carbocycles. The number of fused-ring (bicyclic) bond motifs is 1. The average molecular weight is 406 g/mol. The van der Waals surface area contributed by atoms with Crippen molar-refractivity contribution in [1.29, 1.82) is 0 Å². The fourth-order valence-electron chi connectivity index (χ4n) is 3.51. The fourth-order valence-corrected chi connectivity index (χ4v) is 3.71. The number of amides is 1. The molecular weight excluding hydrogens is 382 g/mol. The molecule has 3 N–H and O–H groups in total. The molecule has 29 heavy (non-hydrogen) atoms. The summed E-state index contributed by atoms with van der Waals surface area (Å²) < 4.78 is 2.18. The number of aromatic amines is 2. The topological polar surface area (TPSA) is 78.5 Å². The van der Waals surface area contributed by atoms with Crippen molar-refractivity contribution < 1.29 is 4.79 Å². The number of aromatic nitrogens is 4. The number of hydrogen-bond donors (Lipinski definition) is 3. The minimum Gasteiger partial charge on any atom is -0.361 e. The summed E-state index contributed by atoms with van der Waals surface area (Å²) >= 11 is 5.32. The lowest BCUT2D eigenvalue weighted by molar-refractivity contribution is -0.121. The number of aryl methyl sites for hydroxylation is 2. The zero-order chi connectivity index (χ0) is 20.2. The van der Waals surface area contributed by atoms with Crippen LogP contribution in [0.15, 0.2) is 54.7 Å². The van der Waals surface area contributed by atoms with Gasteiger partial charge in [-0.2, -0.15) is 5.10 Å². The number of carbonyl (C=O) groups excluding carboxylic acids is 1. The summed E-state index contributed by atoms with van der Waals surface area (Å²) in [7, 11) is 0.